The monoisotopic (exact) mass is 400 g/mol. The van der Waals surface area contributed by atoms with Gasteiger partial charge in [0.1, 0.15) is 0 Å². The van der Waals surface area contributed by atoms with Crippen LogP contribution in [-0.2, 0) is 9.59 Å². The van der Waals surface area contributed by atoms with Crippen LogP contribution in [0.25, 0.3) is 0 Å². The molecule has 0 bridgehead atoms. The molecule has 0 atom stereocenters. The molecule has 0 saturated carbocycles. The number of piperazine rings is 1. The van der Waals surface area contributed by atoms with E-state index in [1.165, 1.54) is 16.7 Å². The fourth-order valence-electron chi connectivity index (χ4n) is 3.31. The van der Waals surface area contributed by atoms with Crippen LogP contribution in [0.15, 0.2) is 46.6 Å². The molecule has 162 valence electrons. The van der Waals surface area contributed by atoms with Gasteiger partial charge in [0, 0.05) is 32.3 Å². The molecule has 1 fully saturated rings. The molecule has 1 aliphatic heterocycles. The van der Waals surface area contributed by atoms with Gasteiger partial charge in [0.15, 0.2) is 0 Å². The number of rotatable bonds is 11. The van der Waals surface area contributed by atoms with E-state index in [9.17, 15) is 9.59 Å². The third-order valence-corrected chi connectivity index (χ3v) is 5.30. The van der Waals surface area contributed by atoms with Crippen molar-refractivity contribution in [3.8, 4) is 0 Å². The summed E-state index contributed by atoms with van der Waals surface area (Å²) in [6.07, 6.45) is 16.0. The number of allylic oxidation sites excluding steroid dienone is 7. The second kappa shape index (κ2) is 14.0. The van der Waals surface area contributed by atoms with E-state index in [2.05, 4.69) is 45.9 Å². The third kappa shape index (κ3) is 11.5. The molecular formula is C25H40N2O2. The Morgan fingerprint density at radius 2 is 1.21 bits per heavy atom. The van der Waals surface area contributed by atoms with Crippen molar-refractivity contribution >= 4 is 12.3 Å². The summed E-state index contributed by atoms with van der Waals surface area (Å²) >= 11 is 0. The highest BCUT2D eigenvalue weighted by Gasteiger charge is 2.18. The van der Waals surface area contributed by atoms with Gasteiger partial charge in [0.05, 0.1) is 0 Å². The molecule has 0 N–H and O–H groups in total. The number of amides is 2. The molecule has 1 aliphatic rings. The van der Waals surface area contributed by atoms with Crippen LogP contribution >= 0.6 is 0 Å². The Hall–Kier alpha value is -2.10. The van der Waals surface area contributed by atoms with Gasteiger partial charge in [-0.25, -0.2) is 0 Å². The van der Waals surface area contributed by atoms with Crippen LogP contribution in [-0.4, -0.2) is 48.3 Å². The summed E-state index contributed by atoms with van der Waals surface area (Å²) in [5.74, 6) is 0.0717. The minimum Gasteiger partial charge on any atom is -0.342 e. The molecule has 2 amide bonds. The zero-order chi connectivity index (χ0) is 21.6. The fourth-order valence-corrected chi connectivity index (χ4v) is 3.31. The molecule has 29 heavy (non-hydrogen) atoms. The second-order valence-electron chi connectivity index (χ2n) is 8.46. The molecular weight excluding hydrogens is 360 g/mol. The van der Waals surface area contributed by atoms with Gasteiger partial charge < -0.3 is 9.80 Å². The molecule has 0 aromatic carbocycles. The van der Waals surface area contributed by atoms with Gasteiger partial charge in [-0.05, 0) is 73.1 Å². The lowest BCUT2D eigenvalue weighted by atomic mass is 10.0. The second-order valence-corrected chi connectivity index (χ2v) is 8.46. The maximum atomic E-state index is 12.3. The average Bonchev–Trinajstić information content (AvgIpc) is 2.67. The number of hydrogen-bond donors (Lipinski definition) is 0. The van der Waals surface area contributed by atoms with Crippen LogP contribution in [0.3, 0.4) is 0 Å². The highest BCUT2D eigenvalue weighted by molar-refractivity contribution is 5.88. The summed E-state index contributed by atoms with van der Waals surface area (Å²) in [5, 5.41) is 0. The number of hydrogen-bond acceptors (Lipinski definition) is 2. The van der Waals surface area contributed by atoms with Gasteiger partial charge in [-0.1, -0.05) is 40.5 Å². The molecule has 1 rings (SSSR count). The van der Waals surface area contributed by atoms with E-state index < -0.39 is 0 Å². The number of carbonyl (C=O) groups is 2. The third-order valence-electron chi connectivity index (χ3n) is 5.30. The van der Waals surface area contributed by atoms with Gasteiger partial charge >= 0.3 is 0 Å². The molecule has 0 aliphatic carbocycles. The number of carbonyl (C=O) groups excluding carboxylic acids is 2. The largest absolute Gasteiger partial charge is 0.342 e. The Kier molecular flexibility index (Phi) is 12.0. The van der Waals surface area contributed by atoms with E-state index >= 15 is 0 Å². The van der Waals surface area contributed by atoms with Gasteiger partial charge in [-0.2, -0.15) is 0 Å². The zero-order valence-electron chi connectivity index (χ0n) is 19.2. The minimum atomic E-state index is 0.0717. The van der Waals surface area contributed by atoms with Crippen molar-refractivity contribution in [1.29, 1.82) is 0 Å². The lowest BCUT2D eigenvalue weighted by Crippen LogP contribution is -2.47. The molecule has 0 radical (unpaired) electrons. The van der Waals surface area contributed by atoms with Crippen LogP contribution in [0.2, 0.25) is 0 Å². The van der Waals surface area contributed by atoms with E-state index in [0.29, 0.717) is 26.2 Å². The fraction of sp³-hybridized carbons (Fsp3) is 0.600. The van der Waals surface area contributed by atoms with Gasteiger partial charge in [-0.3, -0.25) is 9.59 Å². The van der Waals surface area contributed by atoms with Crippen molar-refractivity contribution in [3.05, 3.63) is 46.6 Å². The van der Waals surface area contributed by atoms with Crippen molar-refractivity contribution in [1.82, 2.24) is 9.80 Å². The van der Waals surface area contributed by atoms with Crippen molar-refractivity contribution in [2.45, 2.75) is 73.1 Å². The van der Waals surface area contributed by atoms with E-state index in [1.807, 2.05) is 11.8 Å². The molecule has 0 aromatic rings. The Morgan fingerprint density at radius 1 is 0.724 bits per heavy atom. The molecule has 1 heterocycles. The molecule has 0 aromatic heterocycles. The average molecular weight is 401 g/mol. The molecule has 4 heteroatoms. The van der Waals surface area contributed by atoms with Crippen LogP contribution in [0, 0.1) is 0 Å². The topological polar surface area (TPSA) is 40.6 Å². The molecule has 1 saturated heterocycles. The van der Waals surface area contributed by atoms with E-state index in [0.717, 1.165) is 50.5 Å². The summed E-state index contributed by atoms with van der Waals surface area (Å²) in [4.78, 5) is 26.6. The SMILES string of the molecule is CC(C)=CCC/C(C)=C/CC/C(C)=C/CC/C(C)=C/C(=O)N1CCN(C=O)CC1. The van der Waals surface area contributed by atoms with Crippen molar-refractivity contribution in [2.24, 2.45) is 0 Å². The predicted molar refractivity (Wildman–Crippen MR) is 123 cm³/mol. The summed E-state index contributed by atoms with van der Waals surface area (Å²) in [5.41, 5.74) is 5.40. The van der Waals surface area contributed by atoms with E-state index in [-0.39, 0.29) is 5.91 Å². The molecule has 4 nitrogen and oxygen atoms in total. The highest BCUT2D eigenvalue weighted by atomic mass is 16.2. The maximum Gasteiger partial charge on any atom is 0.246 e. The summed E-state index contributed by atoms with van der Waals surface area (Å²) < 4.78 is 0. The summed E-state index contributed by atoms with van der Waals surface area (Å²) in [6, 6.07) is 0. The Balaban J connectivity index is 2.30. The zero-order valence-corrected chi connectivity index (χ0v) is 19.2. The smallest absolute Gasteiger partial charge is 0.246 e. The van der Waals surface area contributed by atoms with Crippen LogP contribution in [0.1, 0.15) is 73.1 Å². The van der Waals surface area contributed by atoms with Crippen molar-refractivity contribution in [2.75, 3.05) is 26.2 Å². The standard InChI is InChI=1S/C25H40N2O2/c1-21(2)9-6-10-22(3)11-7-12-23(4)13-8-14-24(5)19-25(29)27-17-15-26(20-28)16-18-27/h9,11,13,19-20H,6-8,10,12,14-18H2,1-5H3/b22-11+,23-13+,24-19+. The Morgan fingerprint density at radius 3 is 1.69 bits per heavy atom. The van der Waals surface area contributed by atoms with Crippen molar-refractivity contribution < 1.29 is 9.59 Å². The first-order valence-electron chi connectivity index (χ1n) is 10.9. The predicted octanol–water partition coefficient (Wildman–Crippen LogP) is 5.43. The normalized spacial score (nSPS) is 16.1. The van der Waals surface area contributed by atoms with E-state index in [1.54, 1.807) is 11.0 Å². The minimum absolute atomic E-state index is 0.0717. The first kappa shape index (κ1) is 24.9. The lowest BCUT2D eigenvalue weighted by Gasteiger charge is -2.32. The first-order chi connectivity index (χ1) is 13.8. The molecule has 0 spiro atoms. The number of nitrogens with zero attached hydrogens (tertiary/aromatic N) is 2. The van der Waals surface area contributed by atoms with Gasteiger partial charge in [0.25, 0.3) is 0 Å². The van der Waals surface area contributed by atoms with Crippen LogP contribution < -0.4 is 0 Å². The van der Waals surface area contributed by atoms with E-state index in [4.69, 9.17) is 0 Å². The quantitative estimate of drug-likeness (QED) is 0.263. The Bertz CT molecular complexity index is 644. The van der Waals surface area contributed by atoms with Gasteiger partial charge in [0.2, 0.25) is 12.3 Å². The lowest BCUT2D eigenvalue weighted by molar-refractivity contribution is -0.130. The summed E-state index contributed by atoms with van der Waals surface area (Å²) in [6.45, 7) is 13.3. The van der Waals surface area contributed by atoms with Gasteiger partial charge in [-0.15, -0.1) is 0 Å². The summed E-state index contributed by atoms with van der Waals surface area (Å²) in [7, 11) is 0. The molecule has 0 unspecified atom stereocenters. The maximum absolute atomic E-state index is 12.3. The van der Waals surface area contributed by atoms with Crippen molar-refractivity contribution in [3.63, 3.8) is 0 Å². The Labute approximate surface area is 178 Å². The first-order valence-corrected chi connectivity index (χ1v) is 10.9. The van der Waals surface area contributed by atoms with Crippen LogP contribution in [0.4, 0.5) is 0 Å². The van der Waals surface area contributed by atoms with Crippen LogP contribution in [0.5, 0.6) is 0 Å². The highest BCUT2D eigenvalue weighted by Crippen LogP contribution is 2.14.